The molecule has 0 amide bonds. The van der Waals surface area contributed by atoms with Crippen molar-refractivity contribution in [3.05, 3.63) is 72.4 Å². The van der Waals surface area contributed by atoms with Crippen LogP contribution in [-0.2, 0) is 14.1 Å². The highest BCUT2D eigenvalue weighted by molar-refractivity contribution is 7.94. The summed E-state index contributed by atoms with van der Waals surface area (Å²) in [6.45, 7) is 2.00. The van der Waals surface area contributed by atoms with Crippen LogP contribution in [-0.4, -0.2) is 27.5 Å². The molecule has 0 atom stereocenters. The maximum atomic E-state index is 12.5. The first-order valence-corrected chi connectivity index (χ1v) is 10.1. The fraction of sp³-hybridized carbons (Fsp3) is 0.0909. The van der Waals surface area contributed by atoms with Gasteiger partial charge in [-0.1, -0.05) is 24.3 Å². The number of esters is 1. The minimum Gasteiger partial charge on any atom is -0.507 e. The van der Waals surface area contributed by atoms with Crippen molar-refractivity contribution in [2.75, 3.05) is 6.61 Å². The van der Waals surface area contributed by atoms with Crippen LogP contribution in [0.2, 0.25) is 0 Å². The van der Waals surface area contributed by atoms with Crippen LogP contribution in [0, 0.1) is 0 Å². The maximum absolute atomic E-state index is 12.5. The molecule has 158 valence electrons. The fourth-order valence-electron chi connectivity index (χ4n) is 3.25. The van der Waals surface area contributed by atoms with Gasteiger partial charge in [0.1, 0.15) is 5.75 Å². The average molecular weight is 437 g/mol. The number of phenols is 1. The smallest absolute Gasteiger partial charge is 0.359 e. The number of hydrogen-bond acceptors (Lipinski definition) is 8. The number of carbonyl (C=O) groups is 1. The molecule has 9 heteroatoms. The topological polar surface area (TPSA) is 109 Å². The lowest BCUT2D eigenvalue weighted by atomic mass is 10.0. The van der Waals surface area contributed by atoms with Crippen molar-refractivity contribution in [1.29, 1.82) is 0 Å². The third-order valence-electron chi connectivity index (χ3n) is 4.62. The molecular formula is C22H19N3O5S. The van der Waals surface area contributed by atoms with Gasteiger partial charge >= 0.3 is 5.97 Å². The van der Waals surface area contributed by atoms with Crippen molar-refractivity contribution in [3.63, 3.8) is 0 Å². The summed E-state index contributed by atoms with van der Waals surface area (Å²) < 4.78 is 11.5. The molecule has 0 radical (unpaired) electrons. The van der Waals surface area contributed by atoms with Gasteiger partial charge in [0, 0.05) is 15.8 Å². The van der Waals surface area contributed by atoms with E-state index in [1.165, 1.54) is 0 Å². The number of nitrogens with two attached hydrogens (primary N) is 1. The second-order valence-electron chi connectivity index (χ2n) is 6.47. The van der Waals surface area contributed by atoms with Crippen molar-refractivity contribution in [2.24, 2.45) is 5.90 Å². The zero-order valence-corrected chi connectivity index (χ0v) is 17.3. The Labute approximate surface area is 182 Å². The molecule has 0 saturated carbocycles. The Morgan fingerprint density at radius 2 is 1.90 bits per heavy atom. The highest BCUT2D eigenvalue weighted by Gasteiger charge is 2.20. The highest BCUT2D eigenvalue weighted by atomic mass is 32.2. The van der Waals surface area contributed by atoms with Crippen molar-refractivity contribution in [2.45, 2.75) is 11.8 Å². The molecule has 0 aliphatic heterocycles. The standard InChI is InChI=1S/C22H19N3O5S/c1-2-28-22(27)21-18-12-7-14(17-5-3-4-6-20(17)26)13-19(18)25(24-21)15-8-10-16(11-9-15)31-30-29-23/h3-13,26H,2,23H2,1H3. The van der Waals surface area contributed by atoms with Crippen LogP contribution in [0.5, 0.6) is 5.75 Å². The Bertz CT molecular complexity index is 1220. The molecule has 0 saturated heterocycles. The van der Waals surface area contributed by atoms with E-state index in [0.717, 1.165) is 28.2 Å². The first-order valence-electron chi connectivity index (χ1n) is 9.41. The number of hydrogen-bond donors (Lipinski definition) is 2. The van der Waals surface area contributed by atoms with E-state index in [4.69, 9.17) is 10.6 Å². The highest BCUT2D eigenvalue weighted by Crippen LogP contribution is 2.33. The Kier molecular flexibility index (Phi) is 6.19. The predicted molar refractivity (Wildman–Crippen MR) is 116 cm³/mol. The van der Waals surface area contributed by atoms with Crippen molar-refractivity contribution in [3.8, 4) is 22.6 Å². The van der Waals surface area contributed by atoms with Crippen molar-refractivity contribution in [1.82, 2.24) is 9.78 Å². The summed E-state index contributed by atoms with van der Waals surface area (Å²) in [5.74, 6) is 4.54. The minimum absolute atomic E-state index is 0.169. The number of carbonyl (C=O) groups excluding carboxylic acids is 1. The first kappa shape index (κ1) is 20.9. The molecule has 4 aromatic rings. The van der Waals surface area contributed by atoms with Gasteiger partial charge in [-0.2, -0.15) is 11.0 Å². The number of aromatic hydroxyl groups is 1. The molecule has 4 rings (SSSR count). The summed E-state index contributed by atoms with van der Waals surface area (Å²) in [5.41, 5.74) is 3.13. The number of fused-ring (bicyclic) bond motifs is 1. The van der Waals surface area contributed by atoms with E-state index in [-0.39, 0.29) is 18.1 Å². The minimum atomic E-state index is -0.498. The number of phenolic OH excluding ortho intramolecular Hbond substituents is 1. The largest absolute Gasteiger partial charge is 0.507 e. The molecule has 1 heterocycles. The molecule has 8 nitrogen and oxygen atoms in total. The fourth-order valence-corrected chi connectivity index (χ4v) is 3.61. The van der Waals surface area contributed by atoms with Gasteiger partial charge in [-0.25, -0.2) is 9.48 Å². The number of rotatable bonds is 7. The van der Waals surface area contributed by atoms with E-state index < -0.39 is 5.97 Å². The molecule has 0 fully saturated rings. The van der Waals surface area contributed by atoms with Gasteiger partial charge in [-0.3, -0.25) is 0 Å². The Balaban J connectivity index is 1.85. The molecule has 3 N–H and O–H groups in total. The predicted octanol–water partition coefficient (Wildman–Crippen LogP) is 4.40. The lowest BCUT2D eigenvalue weighted by molar-refractivity contribution is -0.195. The molecule has 0 unspecified atom stereocenters. The zero-order valence-electron chi connectivity index (χ0n) is 16.5. The quantitative estimate of drug-likeness (QED) is 0.189. The van der Waals surface area contributed by atoms with E-state index in [9.17, 15) is 9.90 Å². The summed E-state index contributed by atoms with van der Waals surface area (Å²) in [4.78, 5) is 17.4. The summed E-state index contributed by atoms with van der Waals surface area (Å²) in [5, 5.41) is 15.4. The summed E-state index contributed by atoms with van der Waals surface area (Å²) >= 11 is 0.967. The van der Waals surface area contributed by atoms with Crippen LogP contribution < -0.4 is 5.90 Å². The molecule has 1 aromatic heterocycles. The Morgan fingerprint density at radius 1 is 1.13 bits per heavy atom. The summed E-state index contributed by atoms with van der Waals surface area (Å²) in [7, 11) is 0. The third-order valence-corrected chi connectivity index (χ3v) is 5.23. The molecule has 31 heavy (non-hydrogen) atoms. The average Bonchev–Trinajstić information content (AvgIpc) is 3.17. The molecule has 3 aromatic carbocycles. The lowest BCUT2D eigenvalue weighted by Gasteiger charge is -2.07. The monoisotopic (exact) mass is 437 g/mol. The van der Waals surface area contributed by atoms with Crippen LogP contribution in [0.4, 0.5) is 0 Å². The van der Waals surface area contributed by atoms with Crippen LogP contribution in [0.1, 0.15) is 17.4 Å². The summed E-state index contributed by atoms with van der Waals surface area (Å²) in [6.07, 6.45) is 0. The van der Waals surface area contributed by atoms with E-state index in [1.807, 2.05) is 54.6 Å². The number of benzene rings is 3. The van der Waals surface area contributed by atoms with E-state index >= 15 is 0 Å². The molecule has 0 aliphatic carbocycles. The third kappa shape index (κ3) is 4.25. The van der Waals surface area contributed by atoms with Crippen LogP contribution in [0.25, 0.3) is 27.7 Å². The van der Waals surface area contributed by atoms with Crippen LogP contribution >= 0.6 is 12.0 Å². The number of para-hydroxylation sites is 1. The number of nitrogens with zero attached hydrogens (tertiary/aromatic N) is 2. The van der Waals surface area contributed by atoms with Gasteiger partial charge in [0.2, 0.25) is 0 Å². The van der Waals surface area contributed by atoms with E-state index in [1.54, 1.807) is 23.7 Å². The second-order valence-corrected chi connectivity index (χ2v) is 7.25. The van der Waals surface area contributed by atoms with Gasteiger partial charge in [0.25, 0.3) is 0 Å². The van der Waals surface area contributed by atoms with E-state index in [2.05, 4.69) is 14.4 Å². The SMILES string of the molecule is CCOC(=O)c1nn(-c2ccc(SOON)cc2)c2cc(-c3ccccc3O)ccc12. The number of ether oxygens (including phenoxy) is 1. The molecule has 0 bridgehead atoms. The molecular weight excluding hydrogens is 418 g/mol. The molecule has 0 aliphatic rings. The Morgan fingerprint density at radius 3 is 2.61 bits per heavy atom. The Hall–Kier alpha value is -3.37. The summed E-state index contributed by atoms with van der Waals surface area (Å²) in [6, 6.07) is 19.9. The van der Waals surface area contributed by atoms with Gasteiger partial charge in [-0.15, -0.1) is 9.32 Å². The van der Waals surface area contributed by atoms with Crippen molar-refractivity contribution < 1.29 is 24.0 Å². The lowest BCUT2D eigenvalue weighted by Crippen LogP contribution is -2.07. The van der Waals surface area contributed by atoms with Crippen molar-refractivity contribution >= 4 is 28.9 Å². The maximum Gasteiger partial charge on any atom is 0.359 e. The van der Waals surface area contributed by atoms with Gasteiger partial charge < -0.3 is 9.84 Å². The van der Waals surface area contributed by atoms with Gasteiger partial charge in [-0.05, 0) is 55.0 Å². The van der Waals surface area contributed by atoms with Crippen LogP contribution in [0.15, 0.2) is 71.6 Å². The normalized spacial score (nSPS) is 11.0. The van der Waals surface area contributed by atoms with Crippen LogP contribution in [0.3, 0.4) is 0 Å². The second kappa shape index (κ2) is 9.19. The van der Waals surface area contributed by atoms with Gasteiger partial charge in [0.05, 0.1) is 29.9 Å². The zero-order chi connectivity index (χ0) is 21.8. The number of aromatic nitrogens is 2. The first-order chi connectivity index (χ1) is 15.1. The molecule has 0 spiro atoms. The van der Waals surface area contributed by atoms with Gasteiger partial charge in [0.15, 0.2) is 5.69 Å². The van der Waals surface area contributed by atoms with E-state index in [0.29, 0.717) is 16.5 Å².